The van der Waals surface area contributed by atoms with Gasteiger partial charge in [-0.3, -0.25) is 0 Å². The Morgan fingerprint density at radius 3 is 0.971 bits per heavy atom. The third-order valence-electron chi connectivity index (χ3n) is 15.3. The Kier molecular flexibility index (Phi) is 8.57. The summed E-state index contributed by atoms with van der Waals surface area (Å²) in [5, 5.41) is 5.01. The fourth-order valence-corrected chi connectivity index (χ4v) is 15.5. The first-order valence-corrected chi connectivity index (χ1v) is 25.7. The number of fused-ring (bicyclic) bond motifs is 16. The van der Waals surface area contributed by atoms with Gasteiger partial charge in [-0.05, 0) is 127 Å². The molecule has 0 saturated carbocycles. The first kappa shape index (κ1) is 39.7. The van der Waals surface area contributed by atoms with Crippen molar-refractivity contribution in [1.29, 1.82) is 0 Å². The molecular formula is C66H42N2S2. The molecule has 4 heterocycles. The molecule has 4 heteroatoms. The van der Waals surface area contributed by atoms with Gasteiger partial charge in [0.05, 0.1) is 33.6 Å². The molecular weight excluding hydrogens is 885 g/mol. The van der Waals surface area contributed by atoms with Crippen LogP contribution in [0.1, 0.15) is 43.1 Å². The molecule has 2 aliphatic heterocycles. The molecule has 0 radical (unpaired) electrons. The van der Waals surface area contributed by atoms with Gasteiger partial charge in [0.2, 0.25) is 0 Å². The molecule has 0 N–H and O–H groups in total. The van der Waals surface area contributed by atoms with E-state index in [1.807, 2.05) is 22.7 Å². The van der Waals surface area contributed by atoms with E-state index < -0.39 is 10.8 Å². The van der Waals surface area contributed by atoms with Gasteiger partial charge in [0.25, 0.3) is 0 Å². The molecule has 10 aromatic carbocycles. The van der Waals surface area contributed by atoms with Crippen molar-refractivity contribution in [2.24, 2.45) is 0 Å². The minimum absolute atomic E-state index is 0.707. The Morgan fingerprint density at radius 2 is 0.586 bits per heavy atom. The molecule has 0 saturated heterocycles. The number of para-hydroxylation sites is 6. The van der Waals surface area contributed by atoms with Crippen LogP contribution in [0.15, 0.2) is 255 Å². The minimum Gasteiger partial charge on any atom is -0.310 e. The lowest BCUT2D eigenvalue weighted by Crippen LogP contribution is -2.47. The van der Waals surface area contributed by atoms with Gasteiger partial charge in [0.15, 0.2) is 0 Å². The summed E-state index contributed by atoms with van der Waals surface area (Å²) < 4.78 is 0. The SMILES string of the molecule is c1ccc(N2c3ccccc3C3(c4ccccc42)c2cc(-c4cccc5ccccc45)sc2C2(c4ccccc4N(c4ccccc4)c4ccccc42)c2cc(-c4cccc5ccccc45)sc23)cc1. The molecule has 2 aromatic heterocycles. The van der Waals surface area contributed by atoms with Crippen molar-refractivity contribution in [3.8, 4) is 20.9 Å². The van der Waals surface area contributed by atoms with Crippen molar-refractivity contribution in [1.82, 2.24) is 0 Å². The topological polar surface area (TPSA) is 6.48 Å². The van der Waals surface area contributed by atoms with Gasteiger partial charge in [-0.1, -0.05) is 194 Å². The van der Waals surface area contributed by atoms with Crippen molar-refractivity contribution in [3.05, 3.63) is 298 Å². The maximum absolute atomic E-state index is 2.62. The Labute approximate surface area is 415 Å². The van der Waals surface area contributed by atoms with Crippen LogP contribution in [0.4, 0.5) is 34.1 Å². The standard InChI is InChI=1S/C66H42N2S2/c1-3-25-45(26-4-1)67-57-37-15-11-33-51(57)65(52-34-12-16-38-58(52)67)55-41-61(49-31-19-23-43-21-7-9-29-47(43)49)70-64(55)66(56-42-62(69-63(56)65)50-32-20-24-44-22-8-10-30-48(44)50)53-35-13-17-39-59(53)68(46-27-5-2-6-28-46)60-40-18-14-36-54(60)66/h1-42H. The highest BCUT2D eigenvalue weighted by Gasteiger charge is 2.61. The first-order valence-electron chi connectivity index (χ1n) is 24.1. The molecule has 0 amide bonds. The van der Waals surface area contributed by atoms with E-state index in [2.05, 4.69) is 265 Å². The third-order valence-corrected chi connectivity index (χ3v) is 17.9. The first-order chi connectivity index (χ1) is 34.7. The number of thiophene rings is 2. The number of nitrogens with zero attached hydrogens (tertiary/aromatic N) is 2. The molecule has 0 bridgehead atoms. The van der Waals surface area contributed by atoms with Crippen molar-refractivity contribution in [3.63, 3.8) is 0 Å². The van der Waals surface area contributed by atoms with Gasteiger partial charge >= 0.3 is 0 Å². The second-order valence-electron chi connectivity index (χ2n) is 18.7. The molecule has 3 aliphatic rings. The van der Waals surface area contributed by atoms with E-state index in [1.165, 1.54) is 108 Å². The maximum atomic E-state index is 2.62. The zero-order valence-corrected chi connectivity index (χ0v) is 39.6. The van der Waals surface area contributed by atoms with E-state index in [1.54, 1.807) is 0 Å². The smallest absolute Gasteiger partial charge is 0.0850 e. The van der Waals surface area contributed by atoms with Crippen molar-refractivity contribution in [2.45, 2.75) is 10.8 Å². The van der Waals surface area contributed by atoms with Crippen LogP contribution < -0.4 is 9.80 Å². The van der Waals surface area contributed by atoms with Crippen LogP contribution in [0.5, 0.6) is 0 Å². The largest absolute Gasteiger partial charge is 0.310 e. The van der Waals surface area contributed by atoms with Crippen molar-refractivity contribution in [2.75, 3.05) is 9.80 Å². The lowest BCUT2D eigenvalue weighted by molar-refractivity contribution is 0.634. The summed E-state index contributed by atoms with van der Waals surface area (Å²) in [6.07, 6.45) is 0. The normalized spacial score (nSPS) is 14.5. The van der Waals surface area contributed by atoms with Crippen molar-refractivity contribution < 1.29 is 0 Å². The molecule has 15 rings (SSSR count). The van der Waals surface area contributed by atoms with E-state index in [4.69, 9.17) is 0 Å². The summed E-state index contributed by atoms with van der Waals surface area (Å²) in [6.45, 7) is 0. The van der Waals surface area contributed by atoms with Crippen LogP contribution in [0.2, 0.25) is 0 Å². The van der Waals surface area contributed by atoms with Gasteiger partial charge in [0, 0.05) is 30.9 Å². The zero-order chi connectivity index (χ0) is 46.0. The number of benzene rings is 10. The van der Waals surface area contributed by atoms with Gasteiger partial charge in [0.1, 0.15) is 0 Å². The fraction of sp³-hybridized carbons (Fsp3) is 0.0303. The van der Waals surface area contributed by atoms with E-state index in [-0.39, 0.29) is 0 Å². The number of hydrogen-bond acceptors (Lipinski definition) is 4. The third kappa shape index (κ3) is 5.27. The Balaban J connectivity index is 1.15. The number of anilines is 6. The second kappa shape index (κ2) is 15.1. The molecule has 2 nitrogen and oxygen atoms in total. The summed E-state index contributed by atoms with van der Waals surface area (Å²) in [7, 11) is 0. The van der Waals surface area contributed by atoms with E-state index in [9.17, 15) is 0 Å². The van der Waals surface area contributed by atoms with E-state index in [0.717, 1.165) is 11.4 Å². The average Bonchev–Trinajstić information content (AvgIpc) is 4.09. The monoisotopic (exact) mass is 926 g/mol. The van der Waals surface area contributed by atoms with Crippen LogP contribution >= 0.6 is 22.7 Å². The summed E-state index contributed by atoms with van der Waals surface area (Å²) in [5.74, 6) is 0. The quantitative estimate of drug-likeness (QED) is 0.174. The van der Waals surface area contributed by atoms with Crippen LogP contribution in [-0.2, 0) is 10.8 Å². The number of rotatable bonds is 4. The predicted octanol–water partition coefficient (Wildman–Crippen LogP) is 18.1. The van der Waals surface area contributed by atoms with Crippen LogP contribution in [-0.4, -0.2) is 0 Å². The summed E-state index contributed by atoms with van der Waals surface area (Å²) >= 11 is 3.98. The summed E-state index contributed by atoms with van der Waals surface area (Å²) in [4.78, 5) is 10.3. The predicted molar refractivity (Wildman–Crippen MR) is 295 cm³/mol. The van der Waals surface area contributed by atoms with Crippen LogP contribution in [0.3, 0.4) is 0 Å². The van der Waals surface area contributed by atoms with Crippen molar-refractivity contribution >= 4 is 78.3 Å². The summed E-state index contributed by atoms with van der Waals surface area (Å²) in [6, 6.07) is 95.6. The molecule has 0 fully saturated rings. The lowest BCUT2D eigenvalue weighted by Gasteiger charge is -2.53. The Bertz CT molecular complexity index is 3630. The van der Waals surface area contributed by atoms with Gasteiger partial charge in [-0.25, -0.2) is 0 Å². The number of hydrogen-bond donors (Lipinski definition) is 0. The van der Waals surface area contributed by atoms with Crippen LogP contribution in [0, 0.1) is 0 Å². The molecule has 0 unspecified atom stereocenters. The van der Waals surface area contributed by atoms with Gasteiger partial charge in [-0.2, -0.15) is 0 Å². The van der Waals surface area contributed by atoms with Gasteiger partial charge in [-0.15, -0.1) is 22.7 Å². The maximum Gasteiger partial charge on any atom is 0.0850 e. The lowest BCUT2D eigenvalue weighted by atomic mass is 9.53. The van der Waals surface area contributed by atoms with E-state index >= 15 is 0 Å². The highest BCUT2D eigenvalue weighted by Crippen LogP contribution is 2.71. The minimum atomic E-state index is -0.707. The average molecular weight is 927 g/mol. The molecule has 2 spiro atoms. The molecule has 70 heavy (non-hydrogen) atoms. The molecule has 0 atom stereocenters. The van der Waals surface area contributed by atoms with Crippen LogP contribution in [0.25, 0.3) is 42.4 Å². The van der Waals surface area contributed by atoms with E-state index in [0.29, 0.717) is 0 Å². The second-order valence-corrected chi connectivity index (χ2v) is 20.8. The Morgan fingerprint density at radius 1 is 0.271 bits per heavy atom. The highest BCUT2D eigenvalue weighted by molar-refractivity contribution is 7.17. The highest BCUT2D eigenvalue weighted by atomic mass is 32.1. The molecule has 12 aromatic rings. The summed E-state index contributed by atoms with van der Waals surface area (Å²) in [5.41, 5.74) is 16.0. The molecule has 328 valence electrons. The fourth-order valence-electron chi connectivity index (χ4n) is 12.6. The molecule has 1 aliphatic carbocycles. The Hall–Kier alpha value is -8.28. The van der Waals surface area contributed by atoms with Gasteiger partial charge < -0.3 is 9.80 Å². The zero-order valence-electron chi connectivity index (χ0n) is 38.0.